The molecule has 0 spiro atoms. The van der Waals surface area contributed by atoms with Gasteiger partial charge in [0, 0.05) is 28.4 Å². The number of nitrogens with one attached hydrogen (secondary N) is 2. The van der Waals surface area contributed by atoms with E-state index in [9.17, 15) is 0 Å². The van der Waals surface area contributed by atoms with Gasteiger partial charge in [-0.2, -0.15) is 0 Å². The van der Waals surface area contributed by atoms with Crippen LogP contribution in [0.3, 0.4) is 0 Å². The van der Waals surface area contributed by atoms with Crippen molar-refractivity contribution < 1.29 is 0 Å². The van der Waals surface area contributed by atoms with Gasteiger partial charge in [0.1, 0.15) is 0 Å². The van der Waals surface area contributed by atoms with Crippen molar-refractivity contribution in [2.24, 2.45) is 0 Å². The molecule has 1 heterocycles. The van der Waals surface area contributed by atoms with Crippen LogP contribution in [0.1, 0.15) is 18.4 Å². The van der Waals surface area contributed by atoms with Gasteiger partial charge in [0.2, 0.25) is 0 Å². The minimum Gasteiger partial charge on any atom is -0.349 e. The second-order valence-electron chi connectivity index (χ2n) is 5.59. The lowest BCUT2D eigenvalue weighted by atomic mass is 10.2. The highest BCUT2D eigenvalue weighted by molar-refractivity contribution is 7.99. The zero-order chi connectivity index (χ0) is 14.1. The Morgan fingerprint density at radius 2 is 1.86 bits per heavy atom. The fourth-order valence-corrected chi connectivity index (χ4v) is 3.51. The Kier molecular flexibility index (Phi) is 3.45. The Balaban J connectivity index is 1.57. The average Bonchev–Trinajstić information content (AvgIpc) is 3.25. The van der Waals surface area contributed by atoms with Crippen LogP contribution in [0.2, 0.25) is 0 Å². The van der Waals surface area contributed by atoms with E-state index < -0.39 is 0 Å². The minimum atomic E-state index is 0.746. The molecule has 2 nitrogen and oxygen atoms in total. The van der Waals surface area contributed by atoms with E-state index in [1.165, 1.54) is 39.2 Å². The third-order valence-electron chi connectivity index (χ3n) is 3.86. The van der Waals surface area contributed by atoms with E-state index in [-0.39, 0.29) is 0 Å². The first-order chi connectivity index (χ1) is 10.4. The van der Waals surface area contributed by atoms with Crippen molar-refractivity contribution in [1.29, 1.82) is 0 Å². The molecule has 1 fully saturated rings. The molecule has 0 saturated heterocycles. The maximum absolute atomic E-state index is 3.60. The highest BCUT2D eigenvalue weighted by Gasteiger charge is 2.20. The summed E-state index contributed by atoms with van der Waals surface area (Å²) in [5.74, 6) is 0. The number of aromatic nitrogens is 1. The van der Waals surface area contributed by atoms with Crippen LogP contribution < -0.4 is 5.32 Å². The maximum atomic E-state index is 3.60. The summed E-state index contributed by atoms with van der Waals surface area (Å²) in [4.78, 5) is 4.82. The third-order valence-corrected chi connectivity index (χ3v) is 4.91. The van der Waals surface area contributed by atoms with Crippen molar-refractivity contribution >= 4 is 22.7 Å². The Morgan fingerprint density at radius 1 is 1.05 bits per heavy atom. The molecule has 1 aliphatic carbocycles. The molecule has 0 bridgehead atoms. The van der Waals surface area contributed by atoms with E-state index in [1.807, 2.05) is 11.8 Å². The summed E-state index contributed by atoms with van der Waals surface area (Å²) < 4.78 is 0. The topological polar surface area (TPSA) is 27.8 Å². The van der Waals surface area contributed by atoms with E-state index in [4.69, 9.17) is 0 Å². The number of rotatable bonds is 5. The molecule has 1 saturated carbocycles. The number of aromatic amines is 1. The summed E-state index contributed by atoms with van der Waals surface area (Å²) in [5, 5.41) is 6.08. The molecule has 106 valence electrons. The number of hydrogen-bond acceptors (Lipinski definition) is 2. The SMILES string of the molecule is c1ccc(Sc2cc3ccccc3[nH]2)c(CNC2CC2)c1. The van der Waals surface area contributed by atoms with Crippen LogP contribution in [-0.2, 0) is 6.54 Å². The molecule has 21 heavy (non-hydrogen) atoms. The lowest BCUT2D eigenvalue weighted by Gasteiger charge is -2.08. The summed E-state index contributed by atoms with van der Waals surface area (Å²) in [7, 11) is 0. The predicted octanol–water partition coefficient (Wildman–Crippen LogP) is 4.57. The first-order valence-corrected chi connectivity index (χ1v) is 8.27. The first kappa shape index (κ1) is 13.0. The van der Waals surface area contributed by atoms with Crippen molar-refractivity contribution in [1.82, 2.24) is 10.3 Å². The van der Waals surface area contributed by atoms with E-state index in [1.54, 1.807) is 0 Å². The zero-order valence-corrected chi connectivity index (χ0v) is 12.6. The van der Waals surface area contributed by atoms with Gasteiger partial charge in [-0.25, -0.2) is 0 Å². The summed E-state index contributed by atoms with van der Waals surface area (Å²) in [5.41, 5.74) is 2.58. The van der Waals surface area contributed by atoms with Crippen molar-refractivity contribution in [2.45, 2.75) is 35.3 Å². The molecule has 2 aromatic carbocycles. The van der Waals surface area contributed by atoms with Crippen LogP contribution in [0.5, 0.6) is 0 Å². The molecule has 0 radical (unpaired) electrons. The second kappa shape index (κ2) is 5.58. The number of H-pyrrole nitrogens is 1. The van der Waals surface area contributed by atoms with Gasteiger partial charge < -0.3 is 10.3 Å². The van der Waals surface area contributed by atoms with Crippen molar-refractivity contribution in [3.63, 3.8) is 0 Å². The first-order valence-electron chi connectivity index (χ1n) is 7.45. The molecule has 2 N–H and O–H groups in total. The van der Waals surface area contributed by atoms with Gasteiger partial charge in [-0.15, -0.1) is 0 Å². The average molecular weight is 294 g/mol. The fraction of sp³-hybridized carbons (Fsp3) is 0.222. The Morgan fingerprint density at radius 3 is 2.71 bits per heavy atom. The van der Waals surface area contributed by atoms with Gasteiger partial charge in [0.15, 0.2) is 0 Å². The van der Waals surface area contributed by atoms with E-state index in [0.29, 0.717) is 0 Å². The van der Waals surface area contributed by atoms with Gasteiger partial charge >= 0.3 is 0 Å². The predicted molar refractivity (Wildman–Crippen MR) is 88.7 cm³/mol. The summed E-state index contributed by atoms with van der Waals surface area (Å²) in [6, 6.07) is 20.1. The number of benzene rings is 2. The Hall–Kier alpha value is -1.71. The largest absolute Gasteiger partial charge is 0.349 e. The highest BCUT2D eigenvalue weighted by atomic mass is 32.2. The molecule has 3 aromatic rings. The molecule has 3 heteroatoms. The van der Waals surface area contributed by atoms with Crippen molar-refractivity contribution in [3.8, 4) is 0 Å². The van der Waals surface area contributed by atoms with Gasteiger partial charge in [0.25, 0.3) is 0 Å². The molecule has 0 amide bonds. The van der Waals surface area contributed by atoms with E-state index >= 15 is 0 Å². The standard InChI is InChI=1S/C18H18N2S/c1-3-7-16-13(5-1)11-18(20-16)21-17-8-4-2-6-14(17)12-19-15-9-10-15/h1-8,11,15,19-20H,9-10,12H2. The van der Waals surface area contributed by atoms with Crippen LogP contribution in [0.15, 0.2) is 64.5 Å². The Labute approximate surface area is 129 Å². The molecule has 0 unspecified atom stereocenters. The number of fused-ring (bicyclic) bond motifs is 1. The van der Waals surface area contributed by atoms with Gasteiger partial charge in [-0.05, 0) is 36.6 Å². The van der Waals surface area contributed by atoms with Gasteiger partial charge in [-0.1, -0.05) is 48.2 Å². The second-order valence-corrected chi connectivity index (χ2v) is 6.67. The number of hydrogen-bond donors (Lipinski definition) is 2. The third kappa shape index (κ3) is 2.99. The molecule has 4 rings (SSSR count). The smallest absolute Gasteiger partial charge is 0.0780 e. The van der Waals surface area contributed by atoms with Crippen LogP contribution >= 0.6 is 11.8 Å². The zero-order valence-electron chi connectivity index (χ0n) is 11.8. The maximum Gasteiger partial charge on any atom is 0.0780 e. The Bertz CT molecular complexity index is 726. The fourth-order valence-electron chi connectivity index (χ4n) is 2.51. The van der Waals surface area contributed by atoms with Crippen molar-refractivity contribution in [3.05, 3.63) is 60.2 Å². The van der Waals surface area contributed by atoms with E-state index in [0.717, 1.165) is 12.6 Å². The monoisotopic (exact) mass is 294 g/mol. The summed E-state index contributed by atoms with van der Waals surface area (Å²) in [6.45, 7) is 0.966. The van der Waals surface area contributed by atoms with Gasteiger partial charge in [-0.3, -0.25) is 0 Å². The molecule has 1 aromatic heterocycles. The quantitative estimate of drug-likeness (QED) is 0.721. The lowest BCUT2D eigenvalue weighted by Crippen LogP contribution is -2.15. The van der Waals surface area contributed by atoms with Crippen LogP contribution in [0.4, 0.5) is 0 Å². The van der Waals surface area contributed by atoms with Crippen LogP contribution in [0.25, 0.3) is 10.9 Å². The van der Waals surface area contributed by atoms with Gasteiger partial charge in [0.05, 0.1) is 5.03 Å². The van der Waals surface area contributed by atoms with Crippen molar-refractivity contribution in [2.75, 3.05) is 0 Å². The van der Waals surface area contributed by atoms with Crippen LogP contribution in [0, 0.1) is 0 Å². The molecule has 1 aliphatic rings. The molecular formula is C18H18N2S. The van der Waals surface area contributed by atoms with Crippen LogP contribution in [-0.4, -0.2) is 11.0 Å². The highest BCUT2D eigenvalue weighted by Crippen LogP contribution is 2.32. The molecular weight excluding hydrogens is 276 g/mol. The van der Waals surface area contributed by atoms with E-state index in [2.05, 4.69) is 64.9 Å². The molecule has 0 atom stereocenters. The minimum absolute atomic E-state index is 0.746. The lowest BCUT2D eigenvalue weighted by molar-refractivity contribution is 0.680. The normalized spacial score (nSPS) is 14.7. The molecule has 0 aliphatic heterocycles. The number of para-hydroxylation sites is 1. The summed E-state index contributed by atoms with van der Waals surface area (Å²) in [6.07, 6.45) is 2.66. The summed E-state index contributed by atoms with van der Waals surface area (Å²) >= 11 is 1.82.